The number of para-hydroxylation sites is 1. The van der Waals surface area contributed by atoms with E-state index in [0.717, 1.165) is 16.7 Å². The van der Waals surface area contributed by atoms with Gasteiger partial charge in [-0.05, 0) is 46.3 Å². The Morgan fingerprint density at radius 1 is 1.14 bits per heavy atom. The SMILES string of the molecule is O=c1c2ccccc2[nH]c(=S)n1-c1cc(F)c(Br)cc1F. The summed E-state index contributed by atoms with van der Waals surface area (Å²) in [5.74, 6) is -1.43. The summed E-state index contributed by atoms with van der Waals surface area (Å²) in [6.45, 7) is 0. The number of fused-ring (bicyclic) bond motifs is 1. The average Bonchev–Trinajstić information content (AvgIpc) is 2.44. The van der Waals surface area contributed by atoms with Crippen molar-refractivity contribution in [2.45, 2.75) is 0 Å². The Morgan fingerprint density at radius 2 is 1.86 bits per heavy atom. The van der Waals surface area contributed by atoms with Gasteiger partial charge in [-0.1, -0.05) is 12.1 Å². The number of nitrogens with zero attached hydrogens (tertiary/aromatic N) is 1. The summed E-state index contributed by atoms with van der Waals surface area (Å²) in [5, 5.41) is 0.342. The molecule has 7 heteroatoms. The summed E-state index contributed by atoms with van der Waals surface area (Å²) >= 11 is 7.98. The fraction of sp³-hybridized carbons (Fsp3) is 0. The Labute approximate surface area is 131 Å². The molecule has 1 N–H and O–H groups in total. The van der Waals surface area contributed by atoms with Crippen LogP contribution in [0.3, 0.4) is 0 Å². The van der Waals surface area contributed by atoms with Gasteiger partial charge in [-0.2, -0.15) is 0 Å². The Morgan fingerprint density at radius 3 is 2.62 bits per heavy atom. The zero-order chi connectivity index (χ0) is 15.1. The molecule has 2 aromatic carbocycles. The van der Waals surface area contributed by atoms with Crippen molar-refractivity contribution in [3.8, 4) is 5.69 Å². The van der Waals surface area contributed by atoms with Crippen LogP contribution in [-0.4, -0.2) is 9.55 Å². The summed E-state index contributed by atoms with van der Waals surface area (Å²) < 4.78 is 28.6. The molecule has 0 aliphatic heterocycles. The van der Waals surface area contributed by atoms with E-state index in [2.05, 4.69) is 20.9 Å². The number of aromatic nitrogens is 2. The highest BCUT2D eigenvalue weighted by molar-refractivity contribution is 9.10. The molecule has 3 rings (SSSR count). The van der Waals surface area contributed by atoms with Crippen LogP contribution in [0, 0.1) is 16.4 Å². The highest BCUT2D eigenvalue weighted by Gasteiger charge is 2.14. The van der Waals surface area contributed by atoms with E-state index in [1.54, 1.807) is 24.3 Å². The second kappa shape index (κ2) is 5.16. The molecule has 1 aromatic heterocycles. The second-order valence-corrected chi connectivity index (χ2v) is 5.58. The van der Waals surface area contributed by atoms with E-state index >= 15 is 0 Å². The van der Waals surface area contributed by atoms with Crippen molar-refractivity contribution in [1.29, 1.82) is 0 Å². The molecule has 0 fully saturated rings. The third kappa shape index (κ3) is 2.32. The Balaban J connectivity index is 2.44. The van der Waals surface area contributed by atoms with Crippen LogP contribution in [0.25, 0.3) is 16.6 Å². The molecule has 0 bridgehead atoms. The normalized spacial score (nSPS) is 11.0. The van der Waals surface area contributed by atoms with Crippen LogP contribution in [0.5, 0.6) is 0 Å². The molecule has 0 saturated heterocycles. The Bertz CT molecular complexity index is 981. The molecular formula is C14H7BrF2N2OS. The summed E-state index contributed by atoms with van der Waals surface area (Å²) in [4.78, 5) is 15.3. The van der Waals surface area contributed by atoms with Crippen molar-refractivity contribution in [2.75, 3.05) is 0 Å². The molecule has 0 aliphatic rings. The fourth-order valence-electron chi connectivity index (χ4n) is 2.06. The van der Waals surface area contributed by atoms with Crippen LogP contribution in [0.15, 0.2) is 45.7 Å². The molecule has 0 spiro atoms. The molecule has 0 unspecified atom stereocenters. The first-order valence-electron chi connectivity index (χ1n) is 5.88. The van der Waals surface area contributed by atoms with Crippen molar-refractivity contribution >= 4 is 39.1 Å². The van der Waals surface area contributed by atoms with E-state index in [4.69, 9.17) is 12.2 Å². The molecule has 21 heavy (non-hydrogen) atoms. The van der Waals surface area contributed by atoms with Gasteiger partial charge in [0.25, 0.3) is 5.56 Å². The molecule has 0 saturated carbocycles. The van der Waals surface area contributed by atoms with Gasteiger partial charge in [0.2, 0.25) is 0 Å². The highest BCUT2D eigenvalue weighted by Crippen LogP contribution is 2.22. The molecule has 0 atom stereocenters. The Kier molecular flexibility index (Phi) is 3.46. The maximum absolute atomic E-state index is 14.1. The minimum absolute atomic E-state index is 0.000627. The molecule has 3 aromatic rings. The predicted octanol–water partition coefficient (Wildman–Crippen LogP) is 4.09. The lowest BCUT2D eigenvalue weighted by Gasteiger charge is -2.10. The predicted molar refractivity (Wildman–Crippen MR) is 82.3 cm³/mol. The van der Waals surface area contributed by atoms with Crippen LogP contribution in [0.4, 0.5) is 8.78 Å². The average molecular weight is 369 g/mol. The number of halogens is 3. The maximum Gasteiger partial charge on any atom is 0.266 e. The molecule has 0 amide bonds. The largest absolute Gasteiger partial charge is 0.331 e. The number of nitrogens with one attached hydrogen (secondary N) is 1. The lowest BCUT2D eigenvalue weighted by Crippen LogP contribution is -2.21. The molecular weight excluding hydrogens is 362 g/mol. The molecule has 106 valence electrons. The Hall–Kier alpha value is -1.86. The van der Waals surface area contributed by atoms with E-state index in [9.17, 15) is 13.6 Å². The number of H-pyrrole nitrogens is 1. The van der Waals surface area contributed by atoms with Gasteiger partial charge in [0, 0.05) is 6.07 Å². The fourth-order valence-corrected chi connectivity index (χ4v) is 2.67. The first-order chi connectivity index (χ1) is 9.99. The quantitative estimate of drug-likeness (QED) is 0.518. The third-order valence-electron chi connectivity index (χ3n) is 3.04. The van der Waals surface area contributed by atoms with E-state index in [-0.39, 0.29) is 14.9 Å². The van der Waals surface area contributed by atoms with Gasteiger partial charge in [0.1, 0.15) is 11.6 Å². The standard InChI is InChI=1S/C14H7BrF2N2OS/c15-8-5-10(17)12(6-9(8)16)19-13(20)7-3-1-2-4-11(7)18-14(19)21/h1-6H,(H,18,21). The monoisotopic (exact) mass is 368 g/mol. The van der Waals surface area contributed by atoms with Gasteiger partial charge in [-0.3, -0.25) is 4.79 Å². The van der Waals surface area contributed by atoms with Crippen molar-refractivity contribution < 1.29 is 8.78 Å². The zero-order valence-electron chi connectivity index (χ0n) is 10.4. The smallest absolute Gasteiger partial charge is 0.266 e. The van der Waals surface area contributed by atoms with Crippen molar-refractivity contribution in [1.82, 2.24) is 9.55 Å². The minimum Gasteiger partial charge on any atom is -0.331 e. The lowest BCUT2D eigenvalue weighted by molar-refractivity contribution is 0.585. The molecule has 3 nitrogen and oxygen atoms in total. The topological polar surface area (TPSA) is 37.8 Å². The van der Waals surface area contributed by atoms with Crippen LogP contribution < -0.4 is 5.56 Å². The van der Waals surface area contributed by atoms with Gasteiger partial charge < -0.3 is 4.98 Å². The van der Waals surface area contributed by atoms with Crippen molar-refractivity contribution in [3.63, 3.8) is 0 Å². The van der Waals surface area contributed by atoms with Gasteiger partial charge in [-0.15, -0.1) is 0 Å². The van der Waals surface area contributed by atoms with Gasteiger partial charge >= 0.3 is 0 Å². The molecule has 0 aliphatic carbocycles. The summed E-state index contributed by atoms with van der Waals surface area (Å²) in [6, 6.07) is 8.60. The molecule has 1 heterocycles. The summed E-state index contributed by atoms with van der Waals surface area (Å²) in [7, 11) is 0. The molecule has 0 radical (unpaired) electrons. The summed E-state index contributed by atoms with van der Waals surface area (Å²) in [6.07, 6.45) is 0. The minimum atomic E-state index is -0.750. The van der Waals surface area contributed by atoms with E-state index in [1.807, 2.05) is 0 Å². The maximum atomic E-state index is 14.1. The van der Waals surface area contributed by atoms with Crippen LogP contribution in [0.1, 0.15) is 0 Å². The van der Waals surface area contributed by atoms with Crippen LogP contribution in [-0.2, 0) is 0 Å². The number of hydrogen-bond acceptors (Lipinski definition) is 2. The first kappa shape index (κ1) is 14.1. The summed E-state index contributed by atoms with van der Waals surface area (Å²) in [5.41, 5.74) is -0.190. The van der Waals surface area contributed by atoms with Crippen molar-refractivity contribution in [3.05, 3.63) is 67.6 Å². The number of benzene rings is 2. The van der Waals surface area contributed by atoms with Crippen LogP contribution in [0.2, 0.25) is 0 Å². The second-order valence-electron chi connectivity index (χ2n) is 4.33. The van der Waals surface area contributed by atoms with Gasteiger partial charge in [-0.25, -0.2) is 13.3 Å². The van der Waals surface area contributed by atoms with E-state index < -0.39 is 17.2 Å². The number of rotatable bonds is 1. The highest BCUT2D eigenvalue weighted by atomic mass is 79.9. The first-order valence-corrected chi connectivity index (χ1v) is 7.08. The number of aromatic amines is 1. The van der Waals surface area contributed by atoms with Gasteiger partial charge in [0.15, 0.2) is 4.77 Å². The number of hydrogen-bond donors (Lipinski definition) is 1. The van der Waals surface area contributed by atoms with Gasteiger partial charge in [0.05, 0.1) is 21.1 Å². The lowest BCUT2D eigenvalue weighted by atomic mass is 10.2. The van der Waals surface area contributed by atoms with Crippen LogP contribution >= 0.6 is 28.1 Å². The third-order valence-corrected chi connectivity index (χ3v) is 3.93. The van der Waals surface area contributed by atoms with E-state index in [0.29, 0.717) is 10.9 Å². The zero-order valence-corrected chi connectivity index (χ0v) is 12.8. The van der Waals surface area contributed by atoms with E-state index in [1.165, 1.54) is 0 Å². The van der Waals surface area contributed by atoms with Crippen molar-refractivity contribution in [2.24, 2.45) is 0 Å².